The van der Waals surface area contributed by atoms with Gasteiger partial charge < -0.3 is 19.7 Å². The van der Waals surface area contributed by atoms with Crippen LogP contribution in [0.2, 0.25) is 0 Å². The second-order valence-corrected chi connectivity index (χ2v) is 5.28. The maximum absolute atomic E-state index is 12.1. The molecule has 0 unspecified atom stereocenters. The van der Waals surface area contributed by atoms with Crippen molar-refractivity contribution in [3.63, 3.8) is 0 Å². The van der Waals surface area contributed by atoms with Gasteiger partial charge in [-0.25, -0.2) is 9.59 Å². The van der Waals surface area contributed by atoms with Crippen LogP contribution in [0.4, 0.5) is 10.5 Å². The smallest absolute Gasteiger partial charge is 0.337 e. The van der Waals surface area contributed by atoms with Crippen LogP contribution in [0.3, 0.4) is 0 Å². The first kappa shape index (κ1) is 15.1. The Morgan fingerprint density at radius 2 is 2.14 bits per heavy atom. The minimum absolute atomic E-state index is 0.0259. The summed E-state index contributed by atoms with van der Waals surface area (Å²) in [5.41, 5.74) is 0.256. The highest BCUT2D eigenvalue weighted by Crippen LogP contribution is 2.22. The van der Waals surface area contributed by atoms with E-state index in [2.05, 4.69) is 21.2 Å². The van der Waals surface area contributed by atoms with E-state index in [0.29, 0.717) is 10.2 Å². The Morgan fingerprint density at radius 1 is 1.38 bits per heavy atom. The van der Waals surface area contributed by atoms with E-state index in [9.17, 15) is 9.59 Å². The fraction of sp³-hybridized carbons (Fsp3) is 0.143. The van der Waals surface area contributed by atoms with Gasteiger partial charge in [0.15, 0.2) is 0 Å². The molecule has 2 N–H and O–H groups in total. The summed E-state index contributed by atoms with van der Waals surface area (Å²) in [7, 11) is 1.59. The number of amides is 2. The van der Waals surface area contributed by atoms with Crippen LogP contribution in [0.5, 0.6) is 0 Å². The lowest BCUT2D eigenvalue weighted by Gasteiger charge is -2.17. The highest BCUT2D eigenvalue weighted by molar-refractivity contribution is 9.10. The van der Waals surface area contributed by atoms with Crippen molar-refractivity contribution in [2.45, 2.75) is 6.54 Å². The number of rotatable bonds is 4. The number of carboxylic acids is 1. The van der Waals surface area contributed by atoms with Crippen LogP contribution >= 0.6 is 15.9 Å². The van der Waals surface area contributed by atoms with Gasteiger partial charge in [-0.2, -0.15) is 0 Å². The van der Waals surface area contributed by atoms with E-state index < -0.39 is 12.0 Å². The van der Waals surface area contributed by atoms with Gasteiger partial charge in [-0.05, 0) is 30.3 Å². The van der Waals surface area contributed by atoms with Gasteiger partial charge in [0, 0.05) is 11.5 Å². The summed E-state index contributed by atoms with van der Waals surface area (Å²) in [6.45, 7) is 0.287. The second-order valence-electron chi connectivity index (χ2n) is 4.36. The van der Waals surface area contributed by atoms with Gasteiger partial charge in [0.2, 0.25) is 0 Å². The van der Waals surface area contributed by atoms with E-state index in [0.717, 1.165) is 0 Å². The van der Waals surface area contributed by atoms with Gasteiger partial charge in [-0.1, -0.05) is 15.9 Å². The molecule has 2 rings (SSSR count). The summed E-state index contributed by atoms with van der Waals surface area (Å²) in [6, 6.07) is 7.64. The largest absolute Gasteiger partial charge is 0.478 e. The van der Waals surface area contributed by atoms with E-state index in [1.54, 1.807) is 31.3 Å². The Hall–Kier alpha value is -2.28. The monoisotopic (exact) mass is 352 g/mol. The van der Waals surface area contributed by atoms with Crippen LogP contribution < -0.4 is 5.32 Å². The predicted octanol–water partition coefficient (Wildman–Crippen LogP) is 3.40. The van der Waals surface area contributed by atoms with Crippen molar-refractivity contribution in [2.24, 2.45) is 0 Å². The quantitative estimate of drug-likeness (QED) is 0.883. The molecule has 0 aliphatic rings. The lowest BCUT2D eigenvalue weighted by molar-refractivity contribution is 0.0698. The Labute approximate surface area is 129 Å². The average molecular weight is 353 g/mol. The highest BCUT2D eigenvalue weighted by atomic mass is 79.9. The van der Waals surface area contributed by atoms with Gasteiger partial charge in [0.1, 0.15) is 5.76 Å². The molecule has 1 heterocycles. The maximum Gasteiger partial charge on any atom is 0.337 e. The molecule has 0 saturated carbocycles. The van der Waals surface area contributed by atoms with Crippen molar-refractivity contribution in [3.8, 4) is 0 Å². The molecule has 0 saturated heterocycles. The van der Waals surface area contributed by atoms with E-state index >= 15 is 0 Å². The van der Waals surface area contributed by atoms with Crippen LogP contribution in [-0.2, 0) is 6.54 Å². The number of nitrogens with zero attached hydrogens (tertiary/aromatic N) is 1. The minimum atomic E-state index is -1.11. The topological polar surface area (TPSA) is 82.8 Å². The molecule has 0 atom stereocenters. The third-order valence-electron chi connectivity index (χ3n) is 2.77. The summed E-state index contributed by atoms with van der Waals surface area (Å²) in [4.78, 5) is 24.6. The van der Waals surface area contributed by atoms with Gasteiger partial charge in [-0.3, -0.25) is 0 Å². The number of urea groups is 1. The van der Waals surface area contributed by atoms with Crippen LogP contribution in [0.15, 0.2) is 45.5 Å². The van der Waals surface area contributed by atoms with Gasteiger partial charge in [-0.15, -0.1) is 0 Å². The molecule has 6 nitrogen and oxygen atoms in total. The van der Waals surface area contributed by atoms with E-state index in [4.69, 9.17) is 9.52 Å². The molecule has 0 aliphatic carbocycles. The normalized spacial score (nSPS) is 10.2. The lowest BCUT2D eigenvalue weighted by Crippen LogP contribution is -2.31. The van der Waals surface area contributed by atoms with Crippen molar-refractivity contribution in [2.75, 3.05) is 12.4 Å². The third kappa shape index (κ3) is 3.85. The number of furan rings is 1. The first-order valence-corrected chi connectivity index (χ1v) is 6.84. The number of aromatic carboxylic acids is 1. The van der Waals surface area contributed by atoms with Gasteiger partial charge in [0.25, 0.3) is 0 Å². The second kappa shape index (κ2) is 6.45. The van der Waals surface area contributed by atoms with Crippen molar-refractivity contribution in [1.82, 2.24) is 4.90 Å². The molecule has 0 spiro atoms. The van der Waals surface area contributed by atoms with Gasteiger partial charge in [0.05, 0.1) is 24.1 Å². The molecule has 21 heavy (non-hydrogen) atoms. The van der Waals surface area contributed by atoms with E-state index in [1.807, 2.05) is 0 Å². The number of halogens is 1. The lowest BCUT2D eigenvalue weighted by atomic mass is 10.2. The zero-order chi connectivity index (χ0) is 15.4. The summed E-state index contributed by atoms with van der Waals surface area (Å²) < 4.78 is 5.84. The molecular weight excluding hydrogens is 340 g/mol. The van der Waals surface area contributed by atoms with Crippen molar-refractivity contribution >= 4 is 33.6 Å². The number of nitrogens with one attached hydrogen (secondary N) is 1. The Bertz CT molecular complexity index is 655. The number of hydrogen-bond acceptors (Lipinski definition) is 3. The first-order chi connectivity index (χ1) is 9.97. The number of anilines is 1. The van der Waals surface area contributed by atoms with E-state index in [1.165, 1.54) is 17.2 Å². The number of carboxylic acid groups (broad SMARTS) is 1. The van der Waals surface area contributed by atoms with Gasteiger partial charge >= 0.3 is 12.0 Å². The SMILES string of the molecule is CN(Cc1ccco1)C(=O)Nc1cc(Br)ccc1C(=O)O. The van der Waals surface area contributed by atoms with Crippen molar-refractivity contribution in [3.05, 3.63) is 52.4 Å². The van der Waals surface area contributed by atoms with Crippen LogP contribution in [0.25, 0.3) is 0 Å². The zero-order valence-electron chi connectivity index (χ0n) is 11.2. The van der Waals surface area contributed by atoms with Crippen LogP contribution in [0, 0.1) is 0 Å². The summed E-state index contributed by atoms with van der Waals surface area (Å²) in [6.07, 6.45) is 1.53. The third-order valence-corrected chi connectivity index (χ3v) is 3.27. The number of hydrogen-bond donors (Lipinski definition) is 2. The van der Waals surface area contributed by atoms with Crippen LogP contribution in [-0.4, -0.2) is 29.1 Å². The summed E-state index contributed by atoms with van der Waals surface area (Å²) in [5, 5.41) is 11.7. The van der Waals surface area contributed by atoms with Crippen LogP contribution in [0.1, 0.15) is 16.1 Å². The molecule has 2 amide bonds. The molecule has 7 heteroatoms. The fourth-order valence-corrected chi connectivity index (χ4v) is 2.09. The predicted molar refractivity (Wildman–Crippen MR) is 80.3 cm³/mol. The molecule has 0 radical (unpaired) electrons. The molecule has 1 aromatic carbocycles. The molecule has 2 aromatic rings. The highest BCUT2D eigenvalue weighted by Gasteiger charge is 2.16. The first-order valence-electron chi connectivity index (χ1n) is 6.04. The molecule has 0 bridgehead atoms. The molecule has 0 aliphatic heterocycles. The van der Waals surface area contributed by atoms with Crippen molar-refractivity contribution in [1.29, 1.82) is 0 Å². The Balaban J connectivity index is 2.11. The van der Waals surface area contributed by atoms with E-state index in [-0.39, 0.29) is 17.8 Å². The molecule has 0 fully saturated rings. The Morgan fingerprint density at radius 3 is 2.76 bits per heavy atom. The standard InChI is InChI=1S/C14H13BrN2O4/c1-17(8-10-3-2-6-21-10)14(20)16-12-7-9(15)4-5-11(12)13(18)19/h2-7H,8H2,1H3,(H,16,20)(H,18,19). The summed E-state index contributed by atoms with van der Waals surface area (Å²) >= 11 is 3.25. The molecular formula is C14H13BrN2O4. The number of benzene rings is 1. The molecule has 110 valence electrons. The van der Waals surface area contributed by atoms with Crippen molar-refractivity contribution < 1.29 is 19.1 Å². The average Bonchev–Trinajstić information content (AvgIpc) is 2.91. The number of carbonyl (C=O) groups is 2. The Kier molecular flexibility index (Phi) is 4.64. The molecule has 1 aromatic heterocycles. The zero-order valence-corrected chi connectivity index (χ0v) is 12.8. The fourth-order valence-electron chi connectivity index (χ4n) is 1.73. The minimum Gasteiger partial charge on any atom is -0.478 e. The number of carbonyl (C=O) groups excluding carboxylic acids is 1. The summed E-state index contributed by atoms with van der Waals surface area (Å²) in [5.74, 6) is -0.466. The maximum atomic E-state index is 12.1.